The predicted molar refractivity (Wildman–Crippen MR) is 88.1 cm³/mol. The fourth-order valence-electron chi connectivity index (χ4n) is 2.67. The number of nitrogens with one attached hydrogen (secondary N) is 1. The van der Waals surface area contributed by atoms with Gasteiger partial charge in [-0.25, -0.2) is 14.1 Å². The minimum absolute atomic E-state index is 0.0759. The van der Waals surface area contributed by atoms with Gasteiger partial charge in [-0.2, -0.15) is 5.10 Å². The van der Waals surface area contributed by atoms with Gasteiger partial charge >= 0.3 is 0 Å². The zero-order chi connectivity index (χ0) is 16.4. The highest BCUT2D eigenvalue weighted by atomic mass is 19.1. The summed E-state index contributed by atoms with van der Waals surface area (Å²) in [7, 11) is 1.97. The monoisotopic (exact) mass is 313 g/mol. The maximum Gasteiger partial charge on any atom is 0.148 e. The summed E-state index contributed by atoms with van der Waals surface area (Å²) < 4.78 is 17.6. The molecule has 6 heteroatoms. The SMILES string of the molecule is CCC(Nc1cnn(-c2ccccc2F)c1C)c1nccn1C. The van der Waals surface area contributed by atoms with E-state index in [9.17, 15) is 4.39 Å². The standard InChI is InChI=1S/C17H20FN5/c1-4-14(17-19-9-10-22(17)3)21-15-11-20-23(12(15)2)16-8-6-5-7-13(16)18/h5-11,14,21H,4H2,1-3H3. The van der Waals surface area contributed by atoms with Gasteiger partial charge in [-0.15, -0.1) is 0 Å². The van der Waals surface area contributed by atoms with Crippen LogP contribution in [0.4, 0.5) is 10.1 Å². The van der Waals surface area contributed by atoms with E-state index in [0.717, 1.165) is 23.6 Å². The van der Waals surface area contributed by atoms with E-state index in [2.05, 4.69) is 22.3 Å². The number of halogens is 1. The van der Waals surface area contributed by atoms with Gasteiger partial charge in [0, 0.05) is 19.4 Å². The number of aryl methyl sites for hydroxylation is 1. The maximum absolute atomic E-state index is 14.0. The molecule has 1 aromatic carbocycles. The molecule has 2 heterocycles. The van der Waals surface area contributed by atoms with Gasteiger partial charge in [0.15, 0.2) is 0 Å². The van der Waals surface area contributed by atoms with Gasteiger partial charge in [0.25, 0.3) is 0 Å². The predicted octanol–water partition coefficient (Wildman–Crippen LogP) is 3.62. The van der Waals surface area contributed by atoms with Crippen molar-refractivity contribution in [1.82, 2.24) is 19.3 Å². The number of hydrogen-bond donors (Lipinski definition) is 1. The van der Waals surface area contributed by atoms with Crippen LogP contribution in [0.3, 0.4) is 0 Å². The van der Waals surface area contributed by atoms with Gasteiger partial charge in [-0.05, 0) is 25.5 Å². The lowest BCUT2D eigenvalue weighted by Crippen LogP contribution is -2.15. The molecule has 1 unspecified atom stereocenters. The third kappa shape index (κ3) is 2.84. The number of anilines is 1. The molecule has 0 aliphatic rings. The maximum atomic E-state index is 14.0. The molecule has 0 amide bonds. The Labute approximate surface area is 134 Å². The fourth-order valence-corrected chi connectivity index (χ4v) is 2.67. The van der Waals surface area contributed by atoms with E-state index >= 15 is 0 Å². The largest absolute Gasteiger partial charge is 0.372 e. The van der Waals surface area contributed by atoms with E-state index in [1.54, 1.807) is 35.3 Å². The van der Waals surface area contributed by atoms with Crippen molar-refractivity contribution in [2.24, 2.45) is 7.05 Å². The molecule has 5 nitrogen and oxygen atoms in total. The van der Waals surface area contributed by atoms with Crippen LogP contribution < -0.4 is 5.32 Å². The molecule has 3 rings (SSSR count). The first-order valence-corrected chi connectivity index (χ1v) is 7.65. The number of rotatable bonds is 5. The highest BCUT2D eigenvalue weighted by Crippen LogP contribution is 2.25. The summed E-state index contributed by atoms with van der Waals surface area (Å²) in [6, 6.07) is 6.70. The molecule has 0 saturated heterocycles. The Morgan fingerprint density at radius 1 is 1.30 bits per heavy atom. The molecule has 1 atom stereocenters. The quantitative estimate of drug-likeness (QED) is 0.782. The number of nitrogens with zero attached hydrogens (tertiary/aromatic N) is 4. The van der Waals surface area contributed by atoms with E-state index in [-0.39, 0.29) is 11.9 Å². The van der Waals surface area contributed by atoms with Crippen LogP contribution in [-0.4, -0.2) is 19.3 Å². The lowest BCUT2D eigenvalue weighted by molar-refractivity contribution is 0.608. The number of para-hydroxylation sites is 1. The number of hydrogen-bond acceptors (Lipinski definition) is 3. The lowest BCUT2D eigenvalue weighted by atomic mass is 10.2. The molecular weight excluding hydrogens is 293 g/mol. The molecule has 0 spiro atoms. The zero-order valence-electron chi connectivity index (χ0n) is 13.5. The van der Waals surface area contributed by atoms with Crippen LogP contribution >= 0.6 is 0 Å². The third-order valence-corrected chi connectivity index (χ3v) is 4.00. The average molecular weight is 313 g/mol. The van der Waals surface area contributed by atoms with Crippen molar-refractivity contribution in [3.05, 3.63) is 60.2 Å². The highest BCUT2D eigenvalue weighted by Gasteiger charge is 2.17. The Bertz CT molecular complexity index is 805. The first kappa shape index (κ1) is 15.3. The Morgan fingerprint density at radius 2 is 2.09 bits per heavy atom. The summed E-state index contributed by atoms with van der Waals surface area (Å²) in [5, 5.41) is 7.79. The van der Waals surface area contributed by atoms with Crippen LogP contribution in [0.25, 0.3) is 5.69 Å². The van der Waals surface area contributed by atoms with E-state index in [4.69, 9.17) is 0 Å². The molecule has 120 valence electrons. The van der Waals surface area contributed by atoms with Crippen LogP contribution in [0, 0.1) is 12.7 Å². The van der Waals surface area contributed by atoms with Gasteiger partial charge < -0.3 is 9.88 Å². The van der Waals surface area contributed by atoms with Gasteiger partial charge in [0.2, 0.25) is 0 Å². The number of benzene rings is 1. The first-order valence-electron chi connectivity index (χ1n) is 7.65. The summed E-state index contributed by atoms with van der Waals surface area (Å²) in [5.74, 6) is 0.673. The molecule has 0 saturated carbocycles. The van der Waals surface area contributed by atoms with Gasteiger partial charge in [-0.3, -0.25) is 0 Å². The van der Waals surface area contributed by atoms with Crippen molar-refractivity contribution in [1.29, 1.82) is 0 Å². The fraction of sp³-hybridized carbons (Fsp3) is 0.294. The zero-order valence-corrected chi connectivity index (χ0v) is 13.5. The summed E-state index contributed by atoms with van der Waals surface area (Å²) in [5.41, 5.74) is 2.19. The van der Waals surface area contributed by atoms with Crippen LogP contribution in [0.2, 0.25) is 0 Å². The van der Waals surface area contributed by atoms with Crippen LogP contribution in [0.1, 0.15) is 30.9 Å². The Kier molecular flexibility index (Phi) is 4.14. The number of imidazole rings is 1. The molecule has 1 N–H and O–H groups in total. The Hall–Kier alpha value is -2.63. The average Bonchev–Trinajstić information content (AvgIpc) is 3.12. The van der Waals surface area contributed by atoms with Crippen molar-refractivity contribution >= 4 is 5.69 Å². The topological polar surface area (TPSA) is 47.7 Å². The minimum Gasteiger partial charge on any atom is -0.372 e. The number of aromatic nitrogens is 4. The summed E-state index contributed by atoms with van der Waals surface area (Å²) in [6.45, 7) is 4.02. The van der Waals surface area contributed by atoms with Crippen LogP contribution in [0.15, 0.2) is 42.9 Å². The smallest absolute Gasteiger partial charge is 0.148 e. The molecule has 23 heavy (non-hydrogen) atoms. The molecule has 0 radical (unpaired) electrons. The van der Waals surface area contributed by atoms with E-state index in [1.165, 1.54) is 6.07 Å². The van der Waals surface area contributed by atoms with E-state index in [0.29, 0.717) is 5.69 Å². The second-order valence-electron chi connectivity index (χ2n) is 5.51. The summed E-state index contributed by atoms with van der Waals surface area (Å²) in [4.78, 5) is 4.41. The Morgan fingerprint density at radius 3 is 2.74 bits per heavy atom. The summed E-state index contributed by atoms with van der Waals surface area (Å²) in [6.07, 6.45) is 6.33. The third-order valence-electron chi connectivity index (χ3n) is 4.00. The highest BCUT2D eigenvalue weighted by molar-refractivity contribution is 5.50. The van der Waals surface area contributed by atoms with Crippen molar-refractivity contribution in [2.45, 2.75) is 26.3 Å². The van der Waals surface area contributed by atoms with Crippen LogP contribution in [0.5, 0.6) is 0 Å². The van der Waals surface area contributed by atoms with Crippen molar-refractivity contribution in [3.8, 4) is 5.69 Å². The molecule has 0 bridgehead atoms. The molecule has 3 aromatic rings. The van der Waals surface area contributed by atoms with Gasteiger partial charge in [-0.1, -0.05) is 19.1 Å². The van der Waals surface area contributed by atoms with Crippen LogP contribution in [-0.2, 0) is 7.05 Å². The molecule has 0 aliphatic heterocycles. The first-order chi connectivity index (χ1) is 11.1. The second-order valence-corrected chi connectivity index (χ2v) is 5.51. The second kappa shape index (κ2) is 6.24. The minimum atomic E-state index is -0.290. The van der Waals surface area contributed by atoms with Crippen molar-refractivity contribution < 1.29 is 4.39 Å². The van der Waals surface area contributed by atoms with E-state index in [1.807, 2.05) is 24.7 Å². The van der Waals surface area contributed by atoms with Crippen molar-refractivity contribution in [2.75, 3.05) is 5.32 Å². The van der Waals surface area contributed by atoms with Gasteiger partial charge in [0.1, 0.15) is 17.3 Å². The van der Waals surface area contributed by atoms with E-state index < -0.39 is 0 Å². The summed E-state index contributed by atoms with van der Waals surface area (Å²) >= 11 is 0. The molecule has 2 aromatic heterocycles. The van der Waals surface area contributed by atoms with Gasteiger partial charge in [0.05, 0.1) is 23.6 Å². The lowest BCUT2D eigenvalue weighted by Gasteiger charge is -2.17. The van der Waals surface area contributed by atoms with Crippen molar-refractivity contribution in [3.63, 3.8) is 0 Å². The molecule has 0 aliphatic carbocycles. The normalized spacial score (nSPS) is 12.3. The molecular formula is C17H20FN5. The molecule has 0 fully saturated rings. The Balaban J connectivity index is 1.90.